The fourth-order valence-electron chi connectivity index (χ4n) is 0.712. The number of methoxy groups -OCH3 is 1. The topological polar surface area (TPSA) is 69.4 Å². The molecule has 0 radical (unpaired) electrons. The lowest BCUT2D eigenvalue weighted by Crippen LogP contribution is -2.37. The fourth-order valence-corrected chi connectivity index (χ4v) is 2.14. The molecule has 0 aliphatic heterocycles. The molecule has 0 bridgehead atoms. The first kappa shape index (κ1) is 11.9. The minimum Gasteiger partial charge on any atom is -0.384 e. The molecule has 2 unspecified atom stereocenters. The molecule has 12 heavy (non-hydrogen) atoms. The number of rotatable bonds is 5. The second kappa shape index (κ2) is 4.79. The van der Waals surface area contributed by atoms with Crippen LogP contribution in [0.1, 0.15) is 13.8 Å². The molecule has 0 amide bonds. The van der Waals surface area contributed by atoms with Crippen molar-refractivity contribution in [2.75, 3.05) is 19.5 Å². The van der Waals surface area contributed by atoms with Crippen molar-refractivity contribution in [1.29, 1.82) is 0 Å². The van der Waals surface area contributed by atoms with Crippen LogP contribution in [0.5, 0.6) is 0 Å². The van der Waals surface area contributed by atoms with E-state index >= 15 is 0 Å². The quantitative estimate of drug-likeness (QED) is 0.658. The number of ether oxygens (including phenoxy) is 1. The molecule has 0 aromatic rings. The molecule has 0 fully saturated rings. The summed E-state index contributed by atoms with van der Waals surface area (Å²) in [6.45, 7) is 3.55. The highest BCUT2D eigenvalue weighted by Crippen LogP contribution is 2.04. The summed E-state index contributed by atoms with van der Waals surface area (Å²) in [5.74, 6) is 0.0478. The maximum absolute atomic E-state index is 11.4. The number of hydrogen-bond donors (Lipinski definition) is 1. The van der Waals surface area contributed by atoms with E-state index in [2.05, 4.69) is 4.74 Å². The molecule has 0 aromatic carbocycles. The predicted molar refractivity (Wildman–Crippen MR) is 48.8 cm³/mol. The first-order valence-electron chi connectivity index (χ1n) is 3.88. The minimum absolute atomic E-state index is 0.0478. The molecule has 5 heteroatoms. The summed E-state index contributed by atoms with van der Waals surface area (Å²) in [7, 11) is -1.59. The van der Waals surface area contributed by atoms with Gasteiger partial charge in [0.2, 0.25) is 0 Å². The molecule has 2 atom stereocenters. The van der Waals surface area contributed by atoms with Gasteiger partial charge in [-0.05, 0) is 13.8 Å². The van der Waals surface area contributed by atoms with Gasteiger partial charge in [0.05, 0.1) is 17.6 Å². The molecule has 0 heterocycles. The summed E-state index contributed by atoms with van der Waals surface area (Å²) in [5, 5.41) is -0.493. The molecule has 0 aliphatic carbocycles. The zero-order chi connectivity index (χ0) is 9.78. The monoisotopic (exact) mass is 195 g/mol. The van der Waals surface area contributed by atoms with Crippen molar-refractivity contribution in [3.63, 3.8) is 0 Å². The van der Waals surface area contributed by atoms with Crippen molar-refractivity contribution in [2.24, 2.45) is 5.73 Å². The SMILES string of the molecule is COCCS(=O)(=O)C(C)C(C)N. The van der Waals surface area contributed by atoms with Crippen LogP contribution in [0.3, 0.4) is 0 Å². The van der Waals surface area contributed by atoms with Crippen LogP contribution in [0.15, 0.2) is 0 Å². The largest absolute Gasteiger partial charge is 0.384 e. The predicted octanol–water partition coefficient (Wildman–Crippen LogP) is -0.217. The third-order valence-electron chi connectivity index (χ3n) is 1.88. The normalized spacial score (nSPS) is 17.3. The minimum atomic E-state index is -3.07. The number of nitrogens with two attached hydrogens (primary N) is 1. The Bertz CT molecular complexity index is 211. The van der Waals surface area contributed by atoms with Gasteiger partial charge in [-0.25, -0.2) is 8.42 Å². The third kappa shape index (κ3) is 3.51. The maximum Gasteiger partial charge on any atom is 0.156 e. The van der Waals surface area contributed by atoms with Gasteiger partial charge in [-0.3, -0.25) is 0 Å². The fraction of sp³-hybridized carbons (Fsp3) is 1.00. The van der Waals surface area contributed by atoms with Gasteiger partial charge in [0.1, 0.15) is 0 Å². The van der Waals surface area contributed by atoms with E-state index in [9.17, 15) is 8.42 Å². The highest BCUT2D eigenvalue weighted by atomic mass is 32.2. The van der Waals surface area contributed by atoms with Gasteiger partial charge in [-0.1, -0.05) is 0 Å². The van der Waals surface area contributed by atoms with Crippen LogP contribution in [-0.4, -0.2) is 39.2 Å². The zero-order valence-corrected chi connectivity index (χ0v) is 8.60. The summed E-state index contributed by atoms with van der Waals surface area (Å²) in [6, 6.07) is -0.327. The summed E-state index contributed by atoms with van der Waals surface area (Å²) < 4.78 is 27.4. The van der Waals surface area contributed by atoms with Gasteiger partial charge in [0.15, 0.2) is 9.84 Å². The zero-order valence-electron chi connectivity index (χ0n) is 7.78. The first-order chi connectivity index (χ1) is 5.41. The van der Waals surface area contributed by atoms with Crippen molar-refractivity contribution in [3.05, 3.63) is 0 Å². The van der Waals surface area contributed by atoms with Gasteiger partial charge in [0, 0.05) is 13.2 Å². The molecule has 2 N–H and O–H groups in total. The van der Waals surface area contributed by atoms with Crippen molar-refractivity contribution in [2.45, 2.75) is 25.1 Å². The Morgan fingerprint density at radius 3 is 2.25 bits per heavy atom. The van der Waals surface area contributed by atoms with E-state index in [0.29, 0.717) is 0 Å². The lowest BCUT2D eigenvalue weighted by atomic mass is 10.3. The van der Waals surface area contributed by atoms with E-state index in [1.807, 2.05) is 0 Å². The highest BCUT2D eigenvalue weighted by Gasteiger charge is 2.23. The first-order valence-corrected chi connectivity index (χ1v) is 5.59. The Hall–Kier alpha value is -0.130. The van der Waals surface area contributed by atoms with Crippen molar-refractivity contribution in [1.82, 2.24) is 0 Å². The third-order valence-corrected chi connectivity index (χ3v) is 4.18. The maximum atomic E-state index is 11.4. The molecule has 0 saturated carbocycles. The Labute approximate surface area is 74.0 Å². The summed E-state index contributed by atoms with van der Waals surface area (Å²) >= 11 is 0. The molecule has 0 saturated heterocycles. The van der Waals surface area contributed by atoms with Gasteiger partial charge < -0.3 is 10.5 Å². The molecule has 0 rings (SSSR count). The Morgan fingerprint density at radius 2 is 1.92 bits per heavy atom. The van der Waals surface area contributed by atoms with Crippen molar-refractivity contribution >= 4 is 9.84 Å². The summed E-state index contributed by atoms with van der Waals surface area (Å²) in [4.78, 5) is 0. The molecule has 4 nitrogen and oxygen atoms in total. The van der Waals surface area contributed by atoms with Crippen LogP contribution in [0.2, 0.25) is 0 Å². The average Bonchev–Trinajstić information content (AvgIpc) is 1.99. The van der Waals surface area contributed by atoms with Gasteiger partial charge in [0.25, 0.3) is 0 Å². The summed E-state index contributed by atoms with van der Waals surface area (Å²) in [5.41, 5.74) is 5.47. The van der Waals surface area contributed by atoms with E-state index in [1.54, 1.807) is 13.8 Å². The Kier molecular flexibility index (Phi) is 4.74. The van der Waals surface area contributed by atoms with Crippen LogP contribution in [0.4, 0.5) is 0 Å². The standard InChI is InChI=1S/C7H17NO3S/c1-6(8)7(2)12(9,10)5-4-11-3/h6-7H,4-5,8H2,1-3H3. The second-order valence-electron chi connectivity index (χ2n) is 2.92. The lowest BCUT2D eigenvalue weighted by Gasteiger charge is -2.15. The van der Waals surface area contributed by atoms with Crippen LogP contribution >= 0.6 is 0 Å². The van der Waals surface area contributed by atoms with Crippen LogP contribution < -0.4 is 5.73 Å². The van der Waals surface area contributed by atoms with E-state index in [-0.39, 0.29) is 18.4 Å². The Morgan fingerprint density at radius 1 is 1.42 bits per heavy atom. The van der Waals surface area contributed by atoms with E-state index in [4.69, 9.17) is 5.73 Å². The van der Waals surface area contributed by atoms with Gasteiger partial charge in [-0.2, -0.15) is 0 Å². The van der Waals surface area contributed by atoms with Gasteiger partial charge >= 0.3 is 0 Å². The molecule has 0 aromatic heterocycles. The number of sulfone groups is 1. The molecule has 0 spiro atoms. The highest BCUT2D eigenvalue weighted by molar-refractivity contribution is 7.92. The van der Waals surface area contributed by atoms with E-state index < -0.39 is 15.1 Å². The molecular weight excluding hydrogens is 178 g/mol. The van der Waals surface area contributed by atoms with E-state index in [0.717, 1.165) is 0 Å². The second-order valence-corrected chi connectivity index (χ2v) is 5.40. The average molecular weight is 195 g/mol. The summed E-state index contributed by atoms with van der Waals surface area (Å²) in [6.07, 6.45) is 0. The molecular formula is C7H17NO3S. The van der Waals surface area contributed by atoms with Crippen molar-refractivity contribution < 1.29 is 13.2 Å². The molecule has 0 aliphatic rings. The molecule has 74 valence electrons. The van der Waals surface area contributed by atoms with Gasteiger partial charge in [-0.15, -0.1) is 0 Å². The number of hydrogen-bond acceptors (Lipinski definition) is 4. The Balaban J connectivity index is 4.21. The van der Waals surface area contributed by atoms with Crippen LogP contribution in [-0.2, 0) is 14.6 Å². The van der Waals surface area contributed by atoms with Crippen LogP contribution in [0, 0.1) is 0 Å². The smallest absolute Gasteiger partial charge is 0.156 e. The van der Waals surface area contributed by atoms with E-state index in [1.165, 1.54) is 7.11 Å². The lowest BCUT2D eigenvalue weighted by molar-refractivity contribution is 0.217. The van der Waals surface area contributed by atoms with Crippen molar-refractivity contribution in [3.8, 4) is 0 Å². The van der Waals surface area contributed by atoms with Crippen LogP contribution in [0.25, 0.3) is 0 Å².